The molecule has 0 N–H and O–H groups in total. The number of ether oxygens (including phenoxy) is 1. The molecular formula is C13H9Br2FO. The molecule has 0 heterocycles. The number of rotatable bonds is 3. The van der Waals surface area contributed by atoms with E-state index >= 15 is 0 Å². The van der Waals surface area contributed by atoms with Gasteiger partial charge in [0.05, 0.1) is 8.95 Å². The third-order valence-corrected chi connectivity index (χ3v) is 3.36. The summed E-state index contributed by atoms with van der Waals surface area (Å²) in [4.78, 5) is 0. The second-order valence-corrected chi connectivity index (χ2v) is 5.18. The van der Waals surface area contributed by atoms with E-state index < -0.39 is 0 Å². The van der Waals surface area contributed by atoms with Crippen LogP contribution in [0.2, 0.25) is 0 Å². The first-order valence-electron chi connectivity index (χ1n) is 4.98. The molecule has 2 rings (SSSR count). The lowest BCUT2D eigenvalue weighted by Crippen LogP contribution is -1.95. The van der Waals surface area contributed by atoms with Crippen molar-refractivity contribution < 1.29 is 9.13 Å². The Hall–Kier alpha value is -0.870. The first-order valence-corrected chi connectivity index (χ1v) is 6.56. The van der Waals surface area contributed by atoms with Crippen molar-refractivity contribution in [1.29, 1.82) is 0 Å². The molecule has 0 aromatic heterocycles. The standard InChI is InChI=1S/C13H9Br2FO/c14-11-6-10(7-12(15)13(11)16)17-8-9-4-2-1-3-5-9/h1-7H,8H2. The lowest BCUT2D eigenvalue weighted by atomic mass is 10.2. The minimum absolute atomic E-state index is 0.322. The zero-order chi connectivity index (χ0) is 12.3. The van der Waals surface area contributed by atoms with E-state index in [-0.39, 0.29) is 5.82 Å². The molecule has 17 heavy (non-hydrogen) atoms. The monoisotopic (exact) mass is 358 g/mol. The number of hydrogen-bond donors (Lipinski definition) is 0. The topological polar surface area (TPSA) is 9.23 Å². The van der Waals surface area contributed by atoms with E-state index in [2.05, 4.69) is 31.9 Å². The molecule has 0 amide bonds. The number of benzene rings is 2. The van der Waals surface area contributed by atoms with Crippen molar-refractivity contribution in [3.8, 4) is 5.75 Å². The highest BCUT2D eigenvalue weighted by Gasteiger charge is 2.07. The van der Waals surface area contributed by atoms with Crippen LogP contribution in [0.1, 0.15) is 5.56 Å². The van der Waals surface area contributed by atoms with Crippen LogP contribution >= 0.6 is 31.9 Å². The molecule has 0 aliphatic heterocycles. The Morgan fingerprint density at radius 2 is 1.59 bits per heavy atom. The average Bonchev–Trinajstić information content (AvgIpc) is 2.34. The molecule has 0 unspecified atom stereocenters. The molecule has 4 heteroatoms. The number of halogens is 3. The molecule has 1 nitrogen and oxygen atoms in total. The third kappa shape index (κ3) is 3.30. The van der Waals surface area contributed by atoms with Crippen molar-refractivity contribution in [3.05, 3.63) is 62.8 Å². The Labute approximate surface area is 116 Å². The van der Waals surface area contributed by atoms with E-state index in [1.54, 1.807) is 12.1 Å². The van der Waals surface area contributed by atoms with E-state index in [1.165, 1.54) is 0 Å². The molecule has 0 spiro atoms. The molecule has 0 aliphatic rings. The van der Waals surface area contributed by atoms with E-state index in [9.17, 15) is 4.39 Å². The number of hydrogen-bond acceptors (Lipinski definition) is 1. The molecular weight excluding hydrogens is 351 g/mol. The summed E-state index contributed by atoms with van der Waals surface area (Å²) in [5, 5.41) is 0. The van der Waals surface area contributed by atoms with Crippen LogP contribution in [0.25, 0.3) is 0 Å². The van der Waals surface area contributed by atoms with Gasteiger partial charge in [0.2, 0.25) is 0 Å². The third-order valence-electron chi connectivity index (χ3n) is 2.21. The molecule has 0 radical (unpaired) electrons. The quantitative estimate of drug-likeness (QED) is 0.706. The Kier molecular flexibility index (Phi) is 4.18. The van der Waals surface area contributed by atoms with E-state index in [0.29, 0.717) is 21.3 Å². The van der Waals surface area contributed by atoms with Gasteiger partial charge in [-0.3, -0.25) is 0 Å². The Balaban J connectivity index is 2.10. The van der Waals surface area contributed by atoms with Gasteiger partial charge in [0, 0.05) is 0 Å². The second-order valence-electron chi connectivity index (χ2n) is 3.48. The SMILES string of the molecule is Fc1c(Br)cc(OCc2ccccc2)cc1Br. The average molecular weight is 360 g/mol. The van der Waals surface area contributed by atoms with Crippen molar-refractivity contribution in [2.24, 2.45) is 0 Å². The highest BCUT2D eigenvalue weighted by Crippen LogP contribution is 2.29. The maximum atomic E-state index is 13.3. The summed E-state index contributed by atoms with van der Waals surface area (Å²) in [6.45, 7) is 0.464. The van der Waals surface area contributed by atoms with Gasteiger partial charge >= 0.3 is 0 Å². The van der Waals surface area contributed by atoms with Crippen molar-refractivity contribution in [1.82, 2.24) is 0 Å². The zero-order valence-corrected chi connectivity index (χ0v) is 12.0. The molecule has 0 atom stereocenters. The van der Waals surface area contributed by atoms with Gasteiger partial charge in [-0.05, 0) is 49.6 Å². The predicted molar refractivity (Wildman–Crippen MR) is 72.6 cm³/mol. The summed E-state index contributed by atoms with van der Waals surface area (Å²) in [5.41, 5.74) is 1.07. The lowest BCUT2D eigenvalue weighted by molar-refractivity contribution is 0.305. The highest BCUT2D eigenvalue weighted by molar-refractivity contribution is 9.11. The van der Waals surface area contributed by atoms with E-state index in [0.717, 1.165) is 5.56 Å². The summed E-state index contributed by atoms with van der Waals surface area (Å²) >= 11 is 6.28. The second kappa shape index (κ2) is 5.65. The van der Waals surface area contributed by atoms with Gasteiger partial charge in [0.15, 0.2) is 5.82 Å². The van der Waals surface area contributed by atoms with Gasteiger partial charge in [-0.15, -0.1) is 0 Å². The molecule has 0 bridgehead atoms. The van der Waals surface area contributed by atoms with Crippen LogP contribution in [-0.4, -0.2) is 0 Å². The normalized spacial score (nSPS) is 10.3. The fourth-order valence-corrected chi connectivity index (χ4v) is 2.50. The van der Waals surface area contributed by atoms with Crippen LogP contribution in [-0.2, 0) is 6.61 Å². The van der Waals surface area contributed by atoms with Gasteiger partial charge in [-0.1, -0.05) is 30.3 Å². The van der Waals surface area contributed by atoms with E-state index in [4.69, 9.17) is 4.74 Å². The van der Waals surface area contributed by atoms with Gasteiger partial charge in [-0.2, -0.15) is 0 Å². The summed E-state index contributed by atoms with van der Waals surface area (Å²) in [6.07, 6.45) is 0. The Morgan fingerprint density at radius 1 is 1.00 bits per heavy atom. The van der Waals surface area contributed by atoms with E-state index in [1.807, 2.05) is 30.3 Å². The zero-order valence-electron chi connectivity index (χ0n) is 8.79. The molecule has 2 aromatic carbocycles. The van der Waals surface area contributed by atoms with Crippen LogP contribution < -0.4 is 4.74 Å². The van der Waals surface area contributed by atoms with Gasteiger partial charge in [0.1, 0.15) is 12.4 Å². The Morgan fingerprint density at radius 3 is 2.18 bits per heavy atom. The first kappa shape index (κ1) is 12.6. The fraction of sp³-hybridized carbons (Fsp3) is 0.0769. The summed E-state index contributed by atoms with van der Waals surface area (Å²) in [5.74, 6) is 0.297. The lowest BCUT2D eigenvalue weighted by Gasteiger charge is -2.08. The summed E-state index contributed by atoms with van der Waals surface area (Å²) in [7, 11) is 0. The van der Waals surface area contributed by atoms with Crippen molar-refractivity contribution in [2.45, 2.75) is 6.61 Å². The first-order chi connectivity index (χ1) is 8.16. The Bertz CT molecular complexity index is 491. The summed E-state index contributed by atoms with van der Waals surface area (Å²) < 4.78 is 19.7. The highest BCUT2D eigenvalue weighted by atomic mass is 79.9. The van der Waals surface area contributed by atoms with Crippen LogP contribution in [0.5, 0.6) is 5.75 Å². The molecule has 0 fully saturated rings. The van der Waals surface area contributed by atoms with Crippen LogP contribution in [0.4, 0.5) is 4.39 Å². The molecule has 0 saturated carbocycles. The van der Waals surface area contributed by atoms with Crippen LogP contribution in [0, 0.1) is 5.82 Å². The van der Waals surface area contributed by atoms with Crippen LogP contribution in [0.3, 0.4) is 0 Å². The molecule has 0 saturated heterocycles. The predicted octanol–water partition coefficient (Wildman–Crippen LogP) is 4.93. The largest absolute Gasteiger partial charge is 0.489 e. The smallest absolute Gasteiger partial charge is 0.151 e. The van der Waals surface area contributed by atoms with Gasteiger partial charge in [-0.25, -0.2) is 4.39 Å². The van der Waals surface area contributed by atoms with Crippen LogP contribution in [0.15, 0.2) is 51.4 Å². The summed E-state index contributed by atoms with van der Waals surface area (Å²) in [6, 6.07) is 13.0. The minimum atomic E-state index is -0.322. The molecule has 0 aliphatic carbocycles. The van der Waals surface area contributed by atoms with Gasteiger partial charge < -0.3 is 4.74 Å². The molecule has 88 valence electrons. The molecule has 2 aromatic rings. The fourth-order valence-electron chi connectivity index (χ4n) is 1.36. The maximum Gasteiger partial charge on any atom is 0.151 e. The van der Waals surface area contributed by atoms with Crippen molar-refractivity contribution in [3.63, 3.8) is 0 Å². The maximum absolute atomic E-state index is 13.3. The van der Waals surface area contributed by atoms with Crippen molar-refractivity contribution >= 4 is 31.9 Å². The van der Waals surface area contributed by atoms with Gasteiger partial charge in [0.25, 0.3) is 0 Å². The van der Waals surface area contributed by atoms with Crippen molar-refractivity contribution in [2.75, 3.05) is 0 Å². The minimum Gasteiger partial charge on any atom is -0.489 e.